The number of anilines is 1. The highest BCUT2D eigenvalue weighted by atomic mass is 19.1. The van der Waals surface area contributed by atoms with Crippen molar-refractivity contribution in [2.24, 2.45) is 10.4 Å². The summed E-state index contributed by atoms with van der Waals surface area (Å²) in [7, 11) is 1.81. The Labute approximate surface area is 219 Å². The van der Waals surface area contributed by atoms with Crippen LogP contribution in [-0.4, -0.2) is 24.8 Å². The molecule has 1 aromatic carbocycles. The lowest BCUT2D eigenvalue weighted by Crippen LogP contribution is -2.43. The molecule has 5 heteroatoms. The van der Waals surface area contributed by atoms with E-state index in [0.29, 0.717) is 5.57 Å². The van der Waals surface area contributed by atoms with Gasteiger partial charge in [-0.1, -0.05) is 52.7 Å². The number of nitrogens with zero attached hydrogens (tertiary/aromatic N) is 1. The van der Waals surface area contributed by atoms with Crippen LogP contribution in [0.15, 0.2) is 83.6 Å². The van der Waals surface area contributed by atoms with Gasteiger partial charge in [0.25, 0.3) is 0 Å². The van der Waals surface area contributed by atoms with Crippen molar-refractivity contribution in [3.8, 4) is 0 Å². The number of rotatable bonds is 13. The lowest BCUT2D eigenvalue weighted by atomic mass is 9.90. The largest absolute Gasteiger partial charge is 0.384 e. The molecule has 0 radical (unpaired) electrons. The third-order valence-electron chi connectivity index (χ3n) is 6.06. The normalized spacial score (nSPS) is 14.9. The van der Waals surface area contributed by atoms with E-state index in [9.17, 15) is 0 Å². The summed E-state index contributed by atoms with van der Waals surface area (Å²) in [6, 6.07) is 6.21. The predicted octanol–water partition coefficient (Wildman–Crippen LogP) is 7.77. The zero-order valence-corrected chi connectivity index (χ0v) is 23.9. The van der Waals surface area contributed by atoms with Crippen LogP contribution in [0.2, 0.25) is 0 Å². The molecule has 198 valence electrons. The molecule has 0 aliphatic carbocycles. The molecule has 0 aromatic heterocycles. The second-order valence-corrected chi connectivity index (χ2v) is 10.9. The molecule has 0 aliphatic rings. The Morgan fingerprint density at radius 3 is 2.28 bits per heavy atom. The van der Waals surface area contributed by atoms with E-state index in [0.717, 1.165) is 35.6 Å². The van der Waals surface area contributed by atoms with Gasteiger partial charge in [0.2, 0.25) is 0 Å². The molecule has 0 heterocycles. The second kappa shape index (κ2) is 13.9. The van der Waals surface area contributed by atoms with Crippen LogP contribution in [-0.2, 0) is 6.42 Å². The smallest absolute Gasteiger partial charge is 0.146 e. The Kier molecular flexibility index (Phi) is 11.9. The van der Waals surface area contributed by atoms with Gasteiger partial charge in [0, 0.05) is 48.3 Å². The average Bonchev–Trinajstić information content (AvgIpc) is 2.77. The lowest BCUT2D eigenvalue weighted by molar-refractivity contribution is 0.379. The van der Waals surface area contributed by atoms with Crippen molar-refractivity contribution in [1.29, 1.82) is 0 Å². The van der Waals surface area contributed by atoms with Crippen molar-refractivity contribution in [1.82, 2.24) is 10.6 Å². The number of hydrogen-bond donors (Lipinski definition) is 3. The molecule has 0 amide bonds. The van der Waals surface area contributed by atoms with Crippen molar-refractivity contribution in [3.63, 3.8) is 0 Å². The third-order valence-corrected chi connectivity index (χ3v) is 6.06. The van der Waals surface area contributed by atoms with E-state index in [1.807, 2.05) is 33.8 Å². The molecule has 1 unspecified atom stereocenters. The van der Waals surface area contributed by atoms with Crippen molar-refractivity contribution >= 4 is 11.4 Å². The van der Waals surface area contributed by atoms with Gasteiger partial charge in [0.15, 0.2) is 0 Å². The Hall–Kier alpha value is -3.08. The number of benzene rings is 1. The average molecular weight is 495 g/mol. The maximum absolute atomic E-state index is 15.1. The van der Waals surface area contributed by atoms with Crippen molar-refractivity contribution < 1.29 is 4.39 Å². The first kappa shape index (κ1) is 31.0. The van der Waals surface area contributed by atoms with Crippen molar-refractivity contribution in [2.45, 2.75) is 80.3 Å². The molecule has 0 bridgehead atoms. The summed E-state index contributed by atoms with van der Waals surface area (Å²) >= 11 is 0. The van der Waals surface area contributed by atoms with Crippen LogP contribution in [0.4, 0.5) is 10.1 Å². The van der Waals surface area contributed by atoms with Gasteiger partial charge < -0.3 is 16.0 Å². The minimum Gasteiger partial charge on any atom is -0.384 e. The zero-order chi connectivity index (χ0) is 27.6. The second-order valence-electron chi connectivity index (χ2n) is 10.9. The van der Waals surface area contributed by atoms with Gasteiger partial charge in [-0.2, -0.15) is 0 Å². The molecule has 4 nitrogen and oxygen atoms in total. The van der Waals surface area contributed by atoms with E-state index in [4.69, 9.17) is 0 Å². The summed E-state index contributed by atoms with van der Waals surface area (Å²) in [6.07, 6.45) is 4.76. The fourth-order valence-electron chi connectivity index (χ4n) is 3.73. The highest BCUT2D eigenvalue weighted by Gasteiger charge is 2.18. The Morgan fingerprint density at radius 1 is 1.11 bits per heavy atom. The van der Waals surface area contributed by atoms with Gasteiger partial charge in [-0.15, -0.1) is 0 Å². The first-order chi connectivity index (χ1) is 16.7. The summed E-state index contributed by atoms with van der Waals surface area (Å²) in [6.45, 7) is 28.5. The molecule has 0 saturated carbocycles. The van der Waals surface area contributed by atoms with Gasteiger partial charge in [-0.25, -0.2) is 4.39 Å². The molecule has 36 heavy (non-hydrogen) atoms. The minimum absolute atomic E-state index is 0.0511. The van der Waals surface area contributed by atoms with Gasteiger partial charge >= 0.3 is 0 Å². The molecular weight excluding hydrogens is 447 g/mol. The van der Waals surface area contributed by atoms with Crippen LogP contribution in [0, 0.1) is 12.3 Å². The molecule has 0 spiro atoms. The van der Waals surface area contributed by atoms with Crippen LogP contribution in [0.3, 0.4) is 0 Å². The molecule has 2 atom stereocenters. The molecule has 0 fully saturated rings. The van der Waals surface area contributed by atoms with Crippen LogP contribution in [0.5, 0.6) is 0 Å². The van der Waals surface area contributed by atoms with Gasteiger partial charge in [0.1, 0.15) is 5.83 Å². The number of aryl methyl sites for hydroxylation is 1. The standard InChI is InChI=1S/C31H47FN4/c1-13-27(25(7)36-29-15-14-20(2)28(17-29)16-21(3)33-12)18-30(32)26(8)35-24(6)23(5)34-22(4)19-31(9,10)11/h13-15,17-18,23-24,34-36H,1,4,8,16,19H2,2-3,5-7,9-12H3/b27-25+,30-18+,33-21?/t23-,24?/m0/s1. The van der Waals surface area contributed by atoms with E-state index in [2.05, 4.69) is 80.5 Å². The topological polar surface area (TPSA) is 48.4 Å². The van der Waals surface area contributed by atoms with E-state index in [1.54, 1.807) is 13.1 Å². The quantitative estimate of drug-likeness (QED) is 0.194. The number of halogens is 1. The molecule has 3 N–H and O–H groups in total. The summed E-state index contributed by atoms with van der Waals surface area (Å²) in [4.78, 5) is 4.27. The van der Waals surface area contributed by atoms with Gasteiger partial charge in [0.05, 0.1) is 5.70 Å². The van der Waals surface area contributed by atoms with Crippen LogP contribution < -0.4 is 16.0 Å². The summed E-state index contributed by atoms with van der Waals surface area (Å²) in [5, 5.41) is 9.97. The first-order valence-corrected chi connectivity index (χ1v) is 12.6. The fraction of sp³-hybridized carbons (Fsp3) is 0.452. The Morgan fingerprint density at radius 2 is 1.72 bits per heavy atom. The highest BCUT2D eigenvalue weighted by molar-refractivity contribution is 5.84. The monoisotopic (exact) mass is 494 g/mol. The van der Waals surface area contributed by atoms with Gasteiger partial charge in [-0.05, 0) is 81.4 Å². The maximum Gasteiger partial charge on any atom is 0.146 e. The van der Waals surface area contributed by atoms with E-state index < -0.39 is 5.83 Å². The van der Waals surface area contributed by atoms with Crippen LogP contribution in [0.25, 0.3) is 0 Å². The highest BCUT2D eigenvalue weighted by Crippen LogP contribution is 2.23. The molecular formula is C31H47FN4. The predicted molar refractivity (Wildman–Crippen MR) is 157 cm³/mol. The summed E-state index contributed by atoms with van der Waals surface area (Å²) in [5.74, 6) is -0.432. The number of hydrogen-bond acceptors (Lipinski definition) is 4. The number of nitrogens with one attached hydrogen (secondary N) is 3. The van der Waals surface area contributed by atoms with Gasteiger partial charge in [-0.3, -0.25) is 4.99 Å². The molecule has 1 rings (SSSR count). The molecule has 1 aromatic rings. The Balaban J connectivity index is 2.93. The van der Waals surface area contributed by atoms with E-state index >= 15 is 4.39 Å². The number of allylic oxidation sites excluding steroid dienone is 6. The Bertz CT molecular complexity index is 1040. The van der Waals surface area contributed by atoms with Crippen LogP contribution >= 0.6 is 0 Å². The van der Waals surface area contributed by atoms with Crippen molar-refractivity contribution in [3.05, 3.63) is 89.7 Å². The van der Waals surface area contributed by atoms with E-state index in [1.165, 1.54) is 17.2 Å². The van der Waals surface area contributed by atoms with Crippen molar-refractivity contribution in [2.75, 3.05) is 12.4 Å². The first-order valence-electron chi connectivity index (χ1n) is 12.6. The summed E-state index contributed by atoms with van der Waals surface area (Å²) in [5.41, 5.74) is 7.23. The lowest BCUT2D eigenvalue weighted by Gasteiger charge is -2.28. The maximum atomic E-state index is 15.1. The van der Waals surface area contributed by atoms with Crippen LogP contribution in [0.1, 0.15) is 66.0 Å². The summed E-state index contributed by atoms with van der Waals surface area (Å²) < 4.78 is 15.1. The molecule has 0 saturated heterocycles. The third kappa shape index (κ3) is 10.7. The van der Waals surface area contributed by atoms with E-state index in [-0.39, 0.29) is 23.2 Å². The SMILES string of the molecule is C=CC(/C=C(/F)C(=C)NC(C)[C@H](C)NC(=C)CC(C)(C)C)=C(/C)Nc1ccc(C)c(CC(C)=NC)c1. The fourth-order valence-corrected chi connectivity index (χ4v) is 3.73. The zero-order valence-electron chi connectivity index (χ0n) is 23.9. The number of aliphatic imine (C=N–C) groups is 1. The minimum atomic E-state index is -0.432. The molecule has 0 aliphatic heterocycles.